The molecule has 0 N–H and O–H groups in total. The molecule has 104 valence electrons. The molecule has 0 aromatic heterocycles. The lowest BCUT2D eigenvalue weighted by Crippen LogP contribution is -2.09. The molecule has 2 rings (SSSR count). The summed E-state index contributed by atoms with van der Waals surface area (Å²) in [6.07, 6.45) is 0. The summed E-state index contributed by atoms with van der Waals surface area (Å²) in [4.78, 5) is 12.0. The van der Waals surface area contributed by atoms with Crippen LogP contribution >= 0.6 is 11.6 Å². The van der Waals surface area contributed by atoms with E-state index in [4.69, 9.17) is 21.1 Å². The van der Waals surface area contributed by atoms with E-state index in [9.17, 15) is 4.79 Å². The predicted octanol–water partition coefficient (Wildman–Crippen LogP) is 3.75. The Morgan fingerprint density at radius 3 is 2.55 bits per heavy atom. The number of hydrogen-bond acceptors (Lipinski definition) is 3. The Hall–Kier alpha value is -1.84. The largest absolute Gasteiger partial charge is 0.497 e. The van der Waals surface area contributed by atoms with Gasteiger partial charge in [0.1, 0.15) is 12.4 Å². The number of rotatable bonds is 6. The lowest BCUT2D eigenvalue weighted by Gasteiger charge is -2.07. The molecule has 2 aromatic rings. The minimum Gasteiger partial charge on any atom is -0.497 e. The van der Waals surface area contributed by atoms with Crippen LogP contribution in [0.25, 0.3) is 0 Å². The highest BCUT2D eigenvalue weighted by molar-refractivity contribution is 6.34. The second-order valence-corrected chi connectivity index (χ2v) is 4.65. The number of methoxy groups -OCH3 is 1. The van der Waals surface area contributed by atoms with Crippen LogP contribution in [0.5, 0.6) is 5.75 Å². The van der Waals surface area contributed by atoms with Gasteiger partial charge in [0.05, 0.1) is 18.7 Å². The van der Waals surface area contributed by atoms with E-state index in [2.05, 4.69) is 0 Å². The average molecular weight is 291 g/mol. The third-order valence-corrected chi connectivity index (χ3v) is 3.13. The Labute approximate surface area is 123 Å². The number of halogens is 1. The first-order valence-electron chi connectivity index (χ1n) is 6.19. The Morgan fingerprint density at radius 1 is 1.15 bits per heavy atom. The van der Waals surface area contributed by atoms with Crippen LogP contribution in [0.4, 0.5) is 0 Å². The minimum atomic E-state index is -0.145. The van der Waals surface area contributed by atoms with Crippen molar-refractivity contribution in [1.82, 2.24) is 0 Å². The number of ether oxygens (including phenoxy) is 2. The summed E-state index contributed by atoms with van der Waals surface area (Å²) in [5.74, 6) is 0.477. The Bertz CT molecular complexity index is 582. The quantitative estimate of drug-likeness (QED) is 0.760. The maximum Gasteiger partial charge on any atom is 0.189 e. The van der Waals surface area contributed by atoms with Crippen LogP contribution < -0.4 is 4.74 Å². The maximum atomic E-state index is 12.0. The molecule has 0 spiro atoms. The fraction of sp³-hybridized carbons (Fsp3) is 0.188. The molecule has 3 nitrogen and oxygen atoms in total. The third-order valence-electron chi connectivity index (χ3n) is 2.82. The first-order chi connectivity index (χ1) is 9.70. The van der Waals surface area contributed by atoms with Gasteiger partial charge in [-0.2, -0.15) is 0 Å². The molecule has 0 saturated carbocycles. The molecular formula is C16H15ClO3. The summed E-state index contributed by atoms with van der Waals surface area (Å²) in [6.45, 7) is 0.404. The van der Waals surface area contributed by atoms with Crippen molar-refractivity contribution in [2.24, 2.45) is 0 Å². The lowest BCUT2D eigenvalue weighted by atomic mass is 10.1. The van der Waals surface area contributed by atoms with Crippen LogP contribution in [0.3, 0.4) is 0 Å². The van der Waals surface area contributed by atoms with Gasteiger partial charge >= 0.3 is 0 Å². The van der Waals surface area contributed by atoms with Gasteiger partial charge in [0, 0.05) is 5.56 Å². The monoisotopic (exact) mass is 290 g/mol. The summed E-state index contributed by atoms with van der Waals surface area (Å²) in [5, 5.41) is 0.373. The van der Waals surface area contributed by atoms with E-state index in [0.29, 0.717) is 22.9 Å². The second-order valence-electron chi connectivity index (χ2n) is 4.25. The summed E-state index contributed by atoms with van der Waals surface area (Å²) >= 11 is 6.04. The number of hydrogen-bond donors (Lipinski definition) is 0. The topological polar surface area (TPSA) is 35.5 Å². The zero-order valence-corrected chi connectivity index (χ0v) is 11.9. The maximum absolute atomic E-state index is 12.0. The molecule has 0 bridgehead atoms. The molecule has 2 aromatic carbocycles. The van der Waals surface area contributed by atoms with E-state index in [1.54, 1.807) is 25.3 Å². The zero-order valence-electron chi connectivity index (χ0n) is 11.1. The summed E-state index contributed by atoms with van der Waals surface area (Å²) in [5.41, 5.74) is 1.47. The van der Waals surface area contributed by atoms with Crippen molar-refractivity contribution in [3.05, 3.63) is 64.7 Å². The molecule has 0 atom stereocenters. The van der Waals surface area contributed by atoms with Crippen LogP contribution in [0.1, 0.15) is 15.9 Å². The summed E-state index contributed by atoms with van der Waals surface area (Å²) in [7, 11) is 1.55. The highest BCUT2D eigenvalue weighted by Crippen LogP contribution is 2.22. The lowest BCUT2D eigenvalue weighted by molar-refractivity contribution is 0.0726. The molecule has 0 aliphatic heterocycles. The van der Waals surface area contributed by atoms with Gasteiger partial charge in [-0.05, 0) is 23.8 Å². The van der Waals surface area contributed by atoms with E-state index in [0.717, 1.165) is 5.56 Å². The van der Waals surface area contributed by atoms with E-state index in [1.807, 2.05) is 30.3 Å². The molecule has 20 heavy (non-hydrogen) atoms. The van der Waals surface area contributed by atoms with Gasteiger partial charge in [-0.25, -0.2) is 0 Å². The van der Waals surface area contributed by atoms with Crippen molar-refractivity contribution in [1.29, 1.82) is 0 Å². The summed E-state index contributed by atoms with van der Waals surface area (Å²) in [6, 6.07) is 14.7. The Kier molecular flexibility index (Phi) is 5.16. The normalized spacial score (nSPS) is 10.3. The third kappa shape index (κ3) is 3.83. The number of Topliss-reactive ketones (excluding diaryl/α,β-unsaturated/α-hetero) is 1. The van der Waals surface area contributed by atoms with Gasteiger partial charge in [0.15, 0.2) is 5.78 Å². The molecule has 0 aliphatic rings. The molecule has 0 amide bonds. The van der Waals surface area contributed by atoms with Gasteiger partial charge in [-0.15, -0.1) is 0 Å². The van der Waals surface area contributed by atoms with Crippen molar-refractivity contribution in [2.45, 2.75) is 6.61 Å². The Balaban J connectivity index is 1.92. The van der Waals surface area contributed by atoms with Gasteiger partial charge < -0.3 is 9.47 Å². The number of carbonyl (C=O) groups is 1. The van der Waals surface area contributed by atoms with Gasteiger partial charge in [0.2, 0.25) is 0 Å². The average Bonchev–Trinajstić information content (AvgIpc) is 2.48. The predicted molar refractivity (Wildman–Crippen MR) is 78.4 cm³/mol. The number of benzene rings is 2. The van der Waals surface area contributed by atoms with Crippen LogP contribution in [0.15, 0.2) is 48.5 Å². The first kappa shape index (κ1) is 14.6. The standard InChI is InChI=1S/C16H15ClO3/c1-19-13-7-8-14(15(17)9-13)16(18)11-20-10-12-5-3-2-4-6-12/h2-9H,10-11H2,1H3. The van der Waals surface area contributed by atoms with Gasteiger partial charge in [-0.3, -0.25) is 4.79 Å². The van der Waals surface area contributed by atoms with Crippen LogP contribution in [-0.2, 0) is 11.3 Å². The van der Waals surface area contributed by atoms with Crippen molar-refractivity contribution in [3.8, 4) is 5.75 Å². The number of ketones is 1. The second kappa shape index (κ2) is 7.08. The van der Waals surface area contributed by atoms with E-state index in [1.165, 1.54) is 0 Å². The molecule has 0 aliphatic carbocycles. The fourth-order valence-electron chi connectivity index (χ4n) is 1.76. The van der Waals surface area contributed by atoms with Crippen molar-refractivity contribution < 1.29 is 14.3 Å². The molecule has 0 fully saturated rings. The molecular weight excluding hydrogens is 276 g/mol. The Morgan fingerprint density at radius 2 is 1.90 bits per heavy atom. The smallest absolute Gasteiger partial charge is 0.189 e. The summed E-state index contributed by atoms with van der Waals surface area (Å²) < 4.78 is 10.4. The van der Waals surface area contributed by atoms with Gasteiger partial charge in [0.25, 0.3) is 0 Å². The molecule has 0 radical (unpaired) electrons. The highest BCUT2D eigenvalue weighted by atomic mass is 35.5. The molecule has 4 heteroatoms. The highest BCUT2D eigenvalue weighted by Gasteiger charge is 2.11. The van der Waals surface area contributed by atoms with E-state index >= 15 is 0 Å². The van der Waals surface area contributed by atoms with E-state index in [-0.39, 0.29) is 12.4 Å². The number of carbonyl (C=O) groups excluding carboxylic acids is 1. The fourth-order valence-corrected chi connectivity index (χ4v) is 2.04. The first-order valence-corrected chi connectivity index (χ1v) is 6.57. The van der Waals surface area contributed by atoms with E-state index < -0.39 is 0 Å². The van der Waals surface area contributed by atoms with Crippen molar-refractivity contribution in [2.75, 3.05) is 13.7 Å². The van der Waals surface area contributed by atoms with Crippen LogP contribution in [-0.4, -0.2) is 19.5 Å². The minimum absolute atomic E-state index is 0.000936. The van der Waals surface area contributed by atoms with Gasteiger partial charge in [-0.1, -0.05) is 41.9 Å². The zero-order chi connectivity index (χ0) is 14.4. The molecule has 0 heterocycles. The van der Waals surface area contributed by atoms with Crippen molar-refractivity contribution >= 4 is 17.4 Å². The molecule has 0 unspecified atom stereocenters. The van der Waals surface area contributed by atoms with Crippen LogP contribution in [0, 0.1) is 0 Å². The SMILES string of the molecule is COc1ccc(C(=O)COCc2ccccc2)c(Cl)c1. The van der Waals surface area contributed by atoms with Crippen LogP contribution in [0.2, 0.25) is 5.02 Å². The van der Waals surface area contributed by atoms with Crippen molar-refractivity contribution in [3.63, 3.8) is 0 Å². The molecule has 0 saturated heterocycles.